The van der Waals surface area contributed by atoms with E-state index in [2.05, 4.69) is 5.32 Å². The molecule has 90 valence electrons. The predicted molar refractivity (Wildman–Crippen MR) is 67.6 cm³/mol. The fraction of sp³-hybridized carbons (Fsp3) is 0.500. The van der Waals surface area contributed by atoms with Gasteiger partial charge in [0.25, 0.3) is 0 Å². The number of hydrogen-bond acceptors (Lipinski definition) is 3. The first-order valence-corrected chi connectivity index (χ1v) is 6.97. The fourth-order valence-electron chi connectivity index (χ4n) is 1.30. The van der Waals surface area contributed by atoms with Crippen LogP contribution in [0.4, 0.5) is 0 Å². The van der Waals surface area contributed by atoms with Gasteiger partial charge in [0.1, 0.15) is 0 Å². The van der Waals surface area contributed by atoms with Gasteiger partial charge in [-0.1, -0.05) is 24.3 Å². The van der Waals surface area contributed by atoms with Crippen LogP contribution in [0.3, 0.4) is 0 Å². The molecule has 2 atom stereocenters. The van der Waals surface area contributed by atoms with Gasteiger partial charge < -0.3 is 10.4 Å². The summed E-state index contributed by atoms with van der Waals surface area (Å²) < 4.78 is 11.1. The molecule has 0 aromatic heterocycles. The molecule has 3 nitrogen and oxygen atoms in total. The molecule has 2 unspecified atom stereocenters. The topological polar surface area (TPSA) is 49.3 Å². The normalized spacial score (nSPS) is 14.7. The molecule has 0 saturated heterocycles. The summed E-state index contributed by atoms with van der Waals surface area (Å²) in [5.74, 6) is 0. The van der Waals surface area contributed by atoms with Crippen molar-refractivity contribution in [3.63, 3.8) is 0 Å². The zero-order valence-electron chi connectivity index (χ0n) is 9.77. The van der Waals surface area contributed by atoms with Crippen molar-refractivity contribution in [3.05, 3.63) is 35.4 Å². The van der Waals surface area contributed by atoms with E-state index in [0.717, 1.165) is 18.7 Å². The van der Waals surface area contributed by atoms with Crippen LogP contribution in [0.5, 0.6) is 0 Å². The van der Waals surface area contributed by atoms with Crippen molar-refractivity contribution in [2.24, 2.45) is 0 Å². The van der Waals surface area contributed by atoms with Crippen molar-refractivity contribution in [3.8, 4) is 0 Å². The Bertz CT molecular complexity index is 337. The highest BCUT2D eigenvalue weighted by molar-refractivity contribution is 7.84. The highest BCUT2D eigenvalue weighted by Gasteiger charge is 2.04. The Morgan fingerprint density at radius 3 is 2.38 bits per heavy atom. The third kappa shape index (κ3) is 4.43. The predicted octanol–water partition coefficient (Wildman–Crippen LogP) is 1.04. The second-order valence-corrected chi connectivity index (χ2v) is 5.72. The summed E-state index contributed by atoms with van der Waals surface area (Å²) >= 11 is 0. The van der Waals surface area contributed by atoms with Crippen molar-refractivity contribution in [2.45, 2.75) is 25.3 Å². The molecule has 16 heavy (non-hydrogen) atoms. The first-order valence-electron chi connectivity index (χ1n) is 5.35. The van der Waals surface area contributed by atoms with Crippen LogP contribution in [0.2, 0.25) is 0 Å². The maximum absolute atomic E-state index is 11.1. The summed E-state index contributed by atoms with van der Waals surface area (Å²) in [6.45, 7) is 3.58. The van der Waals surface area contributed by atoms with Crippen LogP contribution in [0, 0.1) is 0 Å². The van der Waals surface area contributed by atoms with Gasteiger partial charge in [-0.2, -0.15) is 0 Å². The highest BCUT2D eigenvalue weighted by Crippen LogP contribution is 2.04. The Kier molecular flexibility index (Phi) is 5.66. The summed E-state index contributed by atoms with van der Waals surface area (Å²) in [5, 5.41) is 12.3. The van der Waals surface area contributed by atoms with E-state index in [1.165, 1.54) is 5.56 Å². The van der Waals surface area contributed by atoms with Gasteiger partial charge >= 0.3 is 0 Å². The minimum Gasteiger partial charge on any atom is -0.392 e. The van der Waals surface area contributed by atoms with Gasteiger partial charge in [-0.3, -0.25) is 4.21 Å². The Morgan fingerprint density at radius 2 is 1.88 bits per heavy atom. The molecular weight excluding hydrogens is 222 g/mol. The number of hydrogen-bond donors (Lipinski definition) is 2. The lowest BCUT2D eigenvalue weighted by molar-refractivity contribution is 0.282. The van der Waals surface area contributed by atoms with E-state index in [1.807, 2.05) is 31.2 Å². The summed E-state index contributed by atoms with van der Waals surface area (Å²) in [7, 11) is -0.769. The minimum atomic E-state index is -0.769. The largest absolute Gasteiger partial charge is 0.392 e. The van der Waals surface area contributed by atoms with E-state index in [9.17, 15) is 4.21 Å². The fourth-order valence-corrected chi connectivity index (χ4v) is 1.65. The van der Waals surface area contributed by atoms with Gasteiger partial charge in [0.2, 0.25) is 0 Å². The van der Waals surface area contributed by atoms with Gasteiger partial charge in [0, 0.05) is 35.4 Å². The molecule has 1 aromatic carbocycles. The second kappa shape index (κ2) is 6.78. The Labute approximate surface area is 99.3 Å². The van der Waals surface area contributed by atoms with Crippen LogP contribution in [-0.4, -0.2) is 27.4 Å². The highest BCUT2D eigenvalue weighted by atomic mass is 32.2. The average Bonchev–Trinajstić information content (AvgIpc) is 2.29. The van der Waals surface area contributed by atoms with E-state index in [1.54, 1.807) is 6.26 Å². The van der Waals surface area contributed by atoms with Crippen molar-refractivity contribution in [1.82, 2.24) is 5.32 Å². The number of aliphatic hydroxyl groups excluding tert-OH is 1. The lowest BCUT2D eigenvalue weighted by atomic mass is 10.1. The van der Waals surface area contributed by atoms with Crippen LogP contribution in [-0.2, 0) is 24.0 Å². The Morgan fingerprint density at radius 1 is 1.31 bits per heavy atom. The zero-order chi connectivity index (χ0) is 12.0. The minimum absolute atomic E-state index is 0.0829. The quantitative estimate of drug-likeness (QED) is 0.782. The van der Waals surface area contributed by atoms with Crippen molar-refractivity contribution >= 4 is 10.8 Å². The lowest BCUT2D eigenvalue weighted by Crippen LogP contribution is -2.27. The summed E-state index contributed by atoms with van der Waals surface area (Å²) in [4.78, 5) is 0. The molecule has 0 aliphatic rings. The van der Waals surface area contributed by atoms with E-state index in [4.69, 9.17) is 5.11 Å². The monoisotopic (exact) mass is 241 g/mol. The molecule has 0 saturated carbocycles. The van der Waals surface area contributed by atoms with E-state index < -0.39 is 10.8 Å². The van der Waals surface area contributed by atoms with Crippen LogP contribution in [0.15, 0.2) is 24.3 Å². The van der Waals surface area contributed by atoms with Crippen molar-refractivity contribution in [2.75, 3.05) is 12.8 Å². The van der Waals surface area contributed by atoms with E-state index in [-0.39, 0.29) is 11.9 Å². The molecule has 4 heteroatoms. The third-order valence-electron chi connectivity index (χ3n) is 2.53. The molecule has 0 heterocycles. The standard InChI is InChI=1S/C12H19NO2S/c1-10(16(2)15)7-13-8-11-3-5-12(9-14)6-4-11/h3-6,10,13-14H,7-9H2,1-2H3. The van der Waals surface area contributed by atoms with Gasteiger partial charge in [-0.25, -0.2) is 0 Å². The zero-order valence-corrected chi connectivity index (χ0v) is 10.6. The molecule has 0 fully saturated rings. The molecule has 0 spiro atoms. The maximum Gasteiger partial charge on any atom is 0.0681 e. The molecule has 0 radical (unpaired) electrons. The SMILES string of the molecule is CC(CNCc1ccc(CO)cc1)S(C)=O. The van der Waals surface area contributed by atoms with Crippen LogP contribution in [0.25, 0.3) is 0 Å². The lowest BCUT2D eigenvalue weighted by Gasteiger charge is -2.10. The summed E-state index contributed by atoms with van der Waals surface area (Å²) in [5.41, 5.74) is 2.10. The summed E-state index contributed by atoms with van der Waals surface area (Å²) in [6.07, 6.45) is 1.72. The smallest absolute Gasteiger partial charge is 0.0681 e. The van der Waals surface area contributed by atoms with E-state index >= 15 is 0 Å². The van der Waals surface area contributed by atoms with Crippen molar-refractivity contribution < 1.29 is 9.32 Å². The van der Waals surface area contributed by atoms with Crippen molar-refractivity contribution in [1.29, 1.82) is 0 Å². The van der Waals surface area contributed by atoms with Gasteiger partial charge in [-0.15, -0.1) is 0 Å². The molecule has 0 aliphatic carbocycles. The van der Waals surface area contributed by atoms with Crippen LogP contribution in [0.1, 0.15) is 18.1 Å². The number of rotatable bonds is 6. The first kappa shape index (κ1) is 13.4. The maximum atomic E-state index is 11.1. The van der Waals surface area contributed by atoms with E-state index in [0.29, 0.717) is 0 Å². The molecule has 1 rings (SSSR count). The number of benzene rings is 1. The molecule has 0 bridgehead atoms. The average molecular weight is 241 g/mol. The number of aliphatic hydroxyl groups is 1. The van der Waals surface area contributed by atoms with Gasteiger partial charge in [0.05, 0.1) is 6.61 Å². The summed E-state index contributed by atoms with van der Waals surface area (Å²) in [6, 6.07) is 7.81. The second-order valence-electron chi connectivity index (χ2n) is 3.91. The molecule has 1 aromatic rings. The number of nitrogens with one attached hydrogen (secondary N) is 1. The molecular formula is C12H19NO2S. The van der Waals surface area contributed by atoms with Gasteiger partial charge in [0.15, 0.2) is 0 Å². The molecule has 2 N–H and O–H groups in total. The van der Waals surface area contributed by atoms with Crippen LogP contribution < -0.4 is 5.32 Å². The Balaban J connectivity index is 2.34. The third-order valence-corrected chi connectivity index (χ3v) is 3.83. The Hall–Kier alpha value is -0.710. The van der Waals surface area contributed by atoms with Gasteiger partial charge in [-0.05, 0) is 18.1 Å². The van der Waals surface area contributed by atoms with Crippen LogP contribution >= 0.6 is 0 Å². The molecule has 0 aliphatic heterocycles. The first-order chi connectivity index (χ1) is 7.63. The molecule has 0 amide bonds.